The molecule has 1 aliphatic rings. The highest BCUT2D eigenvalue weighted by Gasteiger charge is 2.21. The van der Waals surface area contributed by atoms with Crippen LogP contribution in [-0.4, -0.2) is 36.9 Å². The lowest BCUT2D eigenvalue weighted by molar-refractivity contribution is 0.0385. The molecule has 5 heteroatoms. The van der Waals surface area contributed by atoms with Crippen LogP contribution in [0.4, 0.5) is 11.4 Å². The molecule has 18 heavy (non-hydrogen) atoms. The molecule has 5 nitrogen and oxygen atoms in total. The predicted octanol–water partition coefficient (Wildman–Crippen LogP) is 1.58. The summed E-state index contributed by atoms with van der Waals surface area (Å²) in [5, 5.41) is 8.90. The number of carboxylic acid groups (broad SMARTS) is 1. The number of carbonyl (C=O) groups is 1. The van der Waals surface area contributed by atoms with Gasteiger partial charge in [-0.25, -0.2) is 4.79 Å². The fourth-order valence-electron chi connectivity index (χ4n) is 2.16. The van der Waals surface area contributed by atoms with Gasteiger partial charge in [-0.15, -0.1) is 0 Å². The van der Waals surface area contributed by atoms with Crippen LogP contribution >= 0.6 is 0 Å². The summed E-state index contributed by atoms with van der Waals surface area (Å²) in [6.07, 6.45) is 1.18. The Bertz CT molecular complexity index is 448. The number of aromatic carboxylic acids is 1. The topological polar surface area (TPSA) is 75.8 Å². The minimum absolute atomic E-state index is 0.219. The standard InChI is InChI=1S/C13H18N2O3/c1-2-10-8-15(5-6-18-10)12-4-3-9(13(16)17)7-11(12)14/h3-4,7,10H,2,5-6,8,14H2,1H3,(H,16,17). The second-order valence-corrected chi connectivity index (χ2v) is 4.43. The van der Waals surface area contributed by atoms with Crippen LogP contribution in [0.25, 0.3) is 0 Å². The van der Waals surface area contributed by atoms with Crippen molar-refractivity contribution in [2.75, 3.05) is 30.3 Å². The van der Waals surface area contributed by atoms with E-state index in [-0.39, 0.29) is 11.7 Å². The van der Waals surface area contributed by atoms with Crippen molar-refractivity contribution in [3.8, 4) is 0 Å². The van der Waals surface area contributed by atoms with Crippen LogP contribution in [0, 0.1) is 0 Å². The molecule has 0 amide bonds. The van der Waals surface area contributed by atoms with Gasteiger partial charge >= 0.3 is 5.97 Å². The summed E-state index contributed by atoms with van der Waals surface area (Å²) < 4.78 is 5.60. The summed E-state index contributed by atoms with van der Waals surface area (Å²) in [4.78, 5) is 13.0. The summed E-state index contributed by atoms with van der Waals surface area (Å²) in [5.74, 6) is -0.957. The van der Waals surface area contributed by atoms with Crippen LogP contribution < -0.4 is 10.6 Å². The molecule has 0 aromatic heterocycles. The first kappa shape index (κ1) is 12.7. The van der Waals surface area contributed by atoms with Crippen LogP contribution in [0.5, 0.6) is 0 Å². The van der Waals surface area contributed by atoms with E-state index in [0.717, 1.165) is 25.2 Å². The third kappa shape index (κ3) is 2.56. The van der Waals surface area contributed by atoms with Crippen molar-refractivity contribution in [3.63, 3.8) is 0 Å². The molecule has 1 fully saturated rings. The molecule has 0 bridgehead atoms. The Labute approximate surface area is 106 Å². The highest BCUT2D eigenvalue weighted by Crippen LogP contribution is 2.26. The first-order chi connectivity index (χ1) is 8.61. The normalized spacial score (nSPS) is 19.8. The maximum Gasteiger partial charge on any atom is 0.335 e. The molecule has 1 unspecified atom stereocenters. The number of ether oxygens (including phenoxy) is 1. The van der Waals surface area contributed by atoms with Crippen LogP contribution in [0.15, 0.2) is 18.2 Å². The average molecular weight is 250 g/mol. The molecule has 1 atom stereocenters. The van der Waals surface area contributed by atoms with E-state index in [2.05, 4.69) is 11.8 Å². The van der Waals surface area contributed by atoms with E-state index < -0.39 is 5.97 Å². The zero-order chi connectivity index (χ0) is 13.1. The predicted molar refractivity (Wildman–Crippen MR) is 70.1 cm³/mol. The number of nitrogens with two attached hydrogens (primary N) is 1. The zero-order valence-electron chi connectivity index (χ0n) is 10.4. The number of carboxylic acids is 1. The van der Waals surface area contributed by atoms with E-state index in [0.29, 0.717) is 12.3 Å². The molecule has 0 radical (unpaired) electrons. The number of hydrogen-bond acceptors (Lipinski definition) is 4. The van der Waals surface area contributed by atoms with Crippen molar-refractivity contribution in [2.45, 2.75) is 19.4 Å². The number of nitrogen functional groups attached to an aromatic ring is 1. The summed E-state index contributed by atoms with van der Waals surface area (Å²) in [5.41, 5.74) is 7.55. The molecule has 98 valence electrons. The highest BCUT2D eigenvalue weighted by molar-refractivity contribution is 5.90. The number of morpholine rings is 1. The molecule has 3 N–H and O–H groups in total. The Balaban J connectivity index is 2.20. The fourth-order valence-corrected chi connectivity index (χ4v) is 2.16. The Morgan fingerprint density at radius 3 is 3.00 bits per heavy atom. The van der Waals surface area contributed by atoms with Crippen molar-refractivity contribution >= 4 is 17.3 Å². The van der Waals surface area contributed by atoms with Gasteiger partial charge in [-0.05, 0) is 24.6 Å². The van der Waals surface area contributed by atoms with E-state index in [9.17, 15) is 4.79 Å². The molecular formula is C13H18N2O3. The van der Waals surface area contributed by atoms with Crippen LogP contribution in [0.1, 0.15) is 23.7 Å². The number of benzene rings is 1. The number of anilines is 2. The Morgan fingerprint density at radius 1 is 1.61 bits per heavy atom. The lowest BCUT2D eigenvalue weighted by Gasteiger charge is -2.34. The molecule has 1 aromatic rings. The van der Waals surface area contributed by atoms with Gasteiger partial charge in [0.15, 0.2) is 0 Å². The third-order valence-electron chi connectivity index (χ3n) is 3.21. The average Bonchev–Trinajstić information content (AvgIpc) is 2.38. The molecule has 0 spiro atoms. The largest absolute Gasteiger partial charge is 0.478 e. The van der Waals surface area contributed by atoms with Crippen LogP contribution in [0.3, 0.4) is 0 Å². The van der Waals surface area contributed by atoms with Crippen molar-refractivity contribution in [2.24, 2.45) is 0 Å². The SMILES string of the molecule is CCC1CN(c2ccc(C(=O)O)cc2N)CCO1. The van der Waals surface area contributed by atoms with Gasteiger partial charge in [-0.3, -0.25) is 0 Å². The van der Waals surface area contributed by atoms with E-state index in [1.165, 1.54) is 6.07 Å². The van der Waals surface area contributed by atoms with E-state index >= 15 is 0 Å². The number of hydrogen-bond donors (Lipinski definition) is 2. The first-order valence-corrected chi connectivity index (χ1v) is 6.11. The lowest BCUT2D eigenvalue weighted by atomic mass is 10.1. The molecule has 2 rings (SSSR count). The Morgan fingerprint density at radius 2 is 2.39 bits per heavy atom. The summed E-state index contributed by atoms with van der Waals surface area (Å²) in [7, 11) is 0. The van der Waals surface area contributed by atoms with E-state index in [4.69, 9.17) is 15.6 Å². The fraction of sp³-hybridized carbons (Fsp3) is 0.462. The van der Waals surface area contributed by atoms with Gasteiger partial charge in [0, 0.05) is 13.1 Å². The van der Waals surface area contributed by atoms with Crippen molar-refractivity contribution in [1.82, 2.24) is 0 Å². The number of nitrogens with zero attached hydrogens (tertiary/aromatic N) is 1. The van der Waals surface area contributed by atoms with Gasteiger partial charge in [0.05, 0.1) is 29.6 Å². The minimum atomic E-state index is -0.957. The Kier molecular flexibility index (Phi) is 3.72. The lowest BCUT2D eigenvalue weighted by Crippen LogP contribution is -2.42. The zero-order valence-corrected chi connectivity index (χ0v) is 10.4. The molecule has 1 aliphatic heterocycles. The van der Waals surface area contributed by atoms with Crippen LogP contribution in [0.2, 0.25) is 0 Å². The third-order valence-corrected chi connectivity index (χ3v) is 3.21. The van der Waals surface area contributed by atoms with Gasteiger partial charge in [-0.1, -0.05) is 6.92 Å². The Hall–Kier alpha value is -1.75. The smallest absolute Gasteiger partial charge is 0.335 e. The van der Waals surface area contributed by atoms with Crippen molar-refractivity contribution in [3.05, 3.63) is 23.8 Å². The van der Waals surface area contributed by atoms with Crippen molar-refractivity contribution < 1.29 is 14.6 Å². The van der Waals surface area contributed by atoms with E-state index in [1.54, 1.807) is 12.1 Å². The maximum absolute atomic E-state index is 10.8. The van der Waals surface area contributed by atoms with Crippen LogP contribution in [-0.2, 0) is 4.74 Å². The first-order valence-electron chi connectivity index (χ1n) is 6.11. The van der Waals surface area contributed by atoms with Gasteiger partial charge in [0.25, 0.3) is 0 Å². The van der Waals surface area contributed by atoms with Gasteiger partial charge in [0.2, 0.25) is 0 Å². The second kappa shape index (κ2) is 5.27. The highest BCUT2D eigenvalue weighted by atomic mass is 16.5. The summed E-state index contributed by atoms with van der Waals surface area (Å²) in [6, 6.07) is 4.87. The second-order valence-electron chi connectivity index (χ2n) is 4.43. The molecule has 0 aliphatic carbocycles. The minimum Gasteiger partial charge on any atom is -0.478 e. The van der Waals surface area contributed by atoms with Crippen molar-refractivity contribution in [1.29, 1.82) is 0 Å². The molecule has 1 heterocycles. The molecule has 0 saturated carbocycles. The summed E-state index contributed by atoms with van der Waals surface area (Å²) >= 11 is 0. The quantitative estimate of drug-likeness (QED) is 0.797. The molecule has 1 aromatic carbocycles. The molecular weight excluding hydrogens is 232 g/mol. The van der Waals surface area contributed by atoms with Gasteiger partial charge in [0.1, 0.15) is 0 Å². The monoisotopic (exact) mass is 250 g/mol. The van der Waals surface area contributed by atoms with Gasteiger partial charge < -0.3 is 20.5 Å². The van der Waals surface area contributed by atoms with Gasteiger partial charge in [-0.2, -0.15) is 0 Å². The van der Waals surface area contributed by atoms with E-state index in [1.807, 2.05) is 0 Å². The molecule has 1 saturated heterocycles. The number of rotatable bonds is 3. The maximum atomic E-state index is 10.8. The summed E-state index contributed by atoms with van der Waals surface area (Å²) in [6.45, 7) is 4.35.